The first-order chi connectivity index (χ1) is 8.78. The highest BCUT2D eigenvalue weighted by molar-refractivity contribution is 7.12. The molecular weight excluding hydrogens is 250 g/mol. The number of methoxy groups -OCH3 is 1. The van der Waals surface area contributed by atoms with Gasteiger partial charge in [-0.05, 0) is 24.5 Å². The molecule has 1 aliphatic heterocycles. The molecule has 4 nitrogen and oxygen atoms in total. The molecule has 0 radical (unpaired) electrons. The van der Waals surface area contributed by atoms with Crippen LogP contribution in [0, 0.1) is 5.92 Å². The van der Waals surface area contributed by atoms with E-state index in [1.807, 2.05) is 6.07 Å². The number of hydrogen-bond acceptors (Lipinski definition) is 5. The van der Waals surface area contributed by atoms with Gasteiger partial charge in [0, 0.05) is 29.5 Å². The molecule has 0 aliphatic carbocycles. The van der Waals surface area contributed by atoms with Crippen molar-refractivity contribution >= 4 is 17.3 Å². The Balaban J connectivity index is 1.70. The number of esters is 1. The summed E-state index contributed by atoms with van der Waals surface area (Å²) in [5.41, 5.74) is 0. The van der Waals surface area contributed by atoms with E-state index in [0.29, 0.717) is 12.3 Å². The summed E-state index contributed by atoms with van der Waals surface area (Å²) in [6, 6.07) is 4.07. The smallest absolute Gasteiger partial charge is 0.310 e. The number of rotatable bonds is 6. The van der Waals surface area contributed by atoms with Crippen molar-refractivity contribution in [2.45, 2.75) is 19.4 Å². The first-order valence-electron chi connectivity index (χ1n) is 6.21. The predicted molar refractivity (Wildman–Crippen MR) is 70.7 cm³/mol. The topological polar surface area (TPSA) is 47.6 Å². The zero-order valence-corrected chi connectivity index (χ0v) is 11.4. The Morgan fingerprint density at radius 2 is 2.39 bits per heavy atom. The average molecular weight is 269 g/mol. The molecule has 1 fully saturated rings. The summed E-state index contributed by atoms with van der Waals surface area (Å²) >= 11 is 1.66. The van der Waals surface area contributed by atoms with Crippen LogP contribution in [0.5, 0.6) is 0 Å². The van der Waals surface area contributed by atoms with Crippen molar-refractivity contribution in [3.05, 3.63) is 21.9 Å². The van der Waals surface area contributed by atoms with Gasteiger partial charge < -0.3 is 14.8 Å². The molecular formula is C13H19NO3S. The van der Waals surface area contributed by atoms with Crippen LogP contribution in [0.15, 0.2) is 12.1 Å². The molecule has 0 saturated carbocycles. The van der Waals surface area contributed by atoms with E-state index in [2.05, 4.69) is 16.1 Å². The fraction of sp³-hybridized carbons (Fsp3) is 0.615. The van der Waals surface area contributed by atoms with E-state index in [1.54, 1.807) is 11.3 Å². The van der Waals surface area contributed by atoms with Crippen LogP contribution in [0.3, 0.4) is 0 Å². The van der Waals surface area contributed by atoms with Crippen LogP contribution in [-0.4, -0.2) is 32.8 Å². The number of thiophene rings is 1. The first kappa shape index (κ1) is 13.5. The van der Waals surface area contributed by atoms with E-state index in [4.69, 9.17) is 4.74 Å². The Labute approximate surface area is 111 Å². The van der Waals surface area contributed by atoms with Crippen LogP contribution in [0.4, 0.5) is 0 Å². The summed E-state index contributed by atoms with van der Waals surface area (Å²) in [5, 5.41) is 3.44. The van der Waals surface area contributed by atoms with Crippen molar-refractivity contribution in [2.75, 3.05) is 26.9 Å². The van der Waals surface area contributed by atoms with Gasteiger partial charge in [0.25, 0.3) is 0 Å². The Morgan fingerprint density at radius 1 is 1.56 bits per heavy atom. The van der Waals surface area contributed by atoms with E-state index in [-0.39, 0.29) is 5.97 Å². The molecule has 18 heavy (non-hydrogen) atoms. The third kappa shape index (κ3) is 4.08. The standard InChI is InChI=1S/C13H19NO3S/c1-16-13(15)6-11-2-3-12(18-11)8-14-7-10-4-5-17-9-10/h2-3,10,14H,4-9H2,1H3. The number of carbonyl (C=O) groups is 1. The third-order valence-electron chi connectivity index (χ3n) is 3.02. The van der Waals surface area contributed by atoms with Crippen molar-refractivity contribution in [1.29, 1.82) is 0 Å². The summed E-state index contributed by atoms with van der Waals surface area (Å²) in [6.45, 7) is 3.65. The van der Waals surface area contributed by atoms with Gasteiger partial charge in [-0.15, -0.1) is 11.3 Å². The van der Waals surface area contributed by atoms with Crippen LogP contribution in [0.1, 0.15) is 16.2 Å². The molecule has 1 N–H and O–H groups in total. The SMILES string of the molecule is COC(=O)Cc1ccc(CNCC2CCOC2)s1. The quantitative estimate of drug-likeness (QED) is 0.797. The molecule has 0 spiro atoms. The van der Waals surface area contributed by atoms with Crippen molar-refractivity contribution in [3.8, 4) is 0 Å². The fourth-order valence-electron chi connectivity index (χ4n) is 1.97. The summed E-state index contributed by atoms with van der Waals surface area (Å²) in [4.78, 5) is 13.4. The zero-order valence-electron chi connectivity index (χ0n) is 10.6. The number of ether oxygens (including phenoxy) is 2. The number of carbonyl (C=O) groups excluding carboxylic acids is 1. The van der Waals surface area contributed by atoms with Gasteiger partial charge in [0.1, 0.15) is 0 Å². The normalized spacial score (nSPS) is 19.1. The van der Waals surface area contributed by atoms with E-state index in [9.17, 15) is 4.79 Å². The van der Waals surface area contributed by atoms with E-state index >= 15 is 0 Å². The second-order valence-corrected chi connectivity index (χ2v) is 5.73. The maximum absolute atomic E-state index is 11.1. The number of hydrogen-bond donors (Lipinski definition) is 1. The highest BCUT2D eigenvalue weighted by Crippen LogP contribution is 2.17. The highest BCUT2D eigenvalue weighted by atomic mass is 32.1. The minimum Gasteiger partial charge on any atom is -0.469 e. The molecule has 1 aliphatic rings. The highest BCUT2D eigenvalue weighted by Gasteiger charge is 2.14. The molecule has 1 unspecified atom stereocenters. The van der Waals surface area contributed by atoms with Crippen molar-refractivity contribution in [3.63, 3.8) is 0 Å². The van der Waals surface area contributed by atoms with Crippen molar-refractivity contribution in [2.24, 2.45) is 5.92 Å². The first-order valence-corrected chi connectivity index (χ1v) is 7.02. The average Bonchev–Trinajstić information content (AvgIpc) is 3.01. The fourth-order valence-corrected chi connectivity index (χ4v) is 2.94. The lowest BCUT2D eigenvalue weighted by molar-refractivity contribution is -0.139. The third-order valence-corrected chi connectivity index (χ3v) is 4.10. The molecule has 0 amide bonds. The van der Waals surface area contributed by atoms with Gasteiger partial charge in [-0.3, -0.25) is 4.79 Å². The second-order valence-electron chi connectivity index (χ2n) is 4.48. The van der Waals surface area contributed by atoms with E-state index in [0.717, 1.165) is 37.6 Å². The Bertz CT molecular complexity index is 385. The summed E-state index contributed by atoms with van der Waals surface area (Å²) in [6.07, 6.45) is 1.53. The maximum atomic E-state index is 11.1. The predicted octanol–water partition coefficient (Wildman–Crippen LogP) is 1.59. The molecule has 5 heteroatoms. The van der Waals surface area contributed by atoms with Crippen LogP contribution in [-0.2, 0) is 27.2 Å². The van der Waals surface area contributed by atoms with Crippen molar-refractivity contribution in [1.82, 2.24) is 5.32 Å². The molecule has 100 valence electrons. The van der Waals surface area contributed by atoms with Crippen LogP contribution >= 0.6 is 11.3 Å². The van der Waals surface area contributed by atoms with Crippen LogP contribution in [0.2, 0.25) is 0 Å². The molecule has 2 heterocycles. The summed E-state index contributed by atoms with van der Waals surface area (Å²) in [7, 11) is 1.42. The van der Waals surface area contributed by atoms with E-state index in [1.165, 1.54) is 12.0 Å². The van der Waals surface area contributed by atoms with Gasteiger partial charge in [0.05, 0.1) is 20.1 Å². The molecule has 1 atom stereocenters. The summed E-state index contributed by atoms with van der Waals surface area (Å²) < 4.78 is 9.98. The summed E-state index contributed by atoms with van der Waals surface area (Å²) in [5.74, 6) is 0.471. The minimum atomic E-state index is -0.181. The van der Waals surface area contributed by atoms with Crippen LogP contribution in [0.25, 0.3) is 0 Å². The Hall–Kier alpha value is -0.910. The van der Waals surface area contributed by atoms with Gasteiger partial charge in [0.2, 0.25) is 0 Å². The minimum absolute atomic E-state index is 0.181. The molecule has 1 aromatic rings. The molecule has 2 rings (SSSR count). The largest absolute Gasteiger partial charge is 0.469 e. The van der Waals surface area contributed by atoms with Gasteiger partial charge in [-0.25, -0.2) is 0 Å². The Kier molecular flexibility index (Phi) is 5.16. The van der Waals surface area contributed by atoms with E-state index < -0.39 is 0 Å². The van der Waals surface area contributed by atoms with Gasteiger partial charge >= 0.3 is 5.97 Å². The lowest BCUT2D eigenvalue weighted by atomic mass is 10.1. The lowest BCUT2D eigenvalue weighted by Crippen LogP contribution is -2.22. The number of nitrogens with one attached hydrogen (secondary N) is 1. The van der Waals surface area contributed by atoms with Crippen molar-refractivity contribution < 1.29 is 14.3 Å². The monoisotopic (exact) mass is 269 g/mol. The van der Waals surface area contributed by atoms with Crippen LogP contribution < -0.4 is 5.32 Å². The Morgan fingerprint density at radius 3 is 3.11 bits per heavy atom. The molecule has 0 aromatic carbocycles. The zero-order chi connectivity index (χ0) is 12.8. The molecule has 1 aromatic heterocycles. The lowest BCUT2D eigenvalue weighted by Gasteiger charge is -2.07. The van der Waals surface area contributed by atoms with Gasteiger partial charge in [-0.2, -0.15) is 0 Å². The maximum Gasteiger partial charge on any atom is 0.310 e. The second kappa shape index (κ2) is 6.87. The molecule has 1 saturated heterocycles. The molecule has 0 bridgehead atoms. The van der Waals surface area contributed by atoms with Gasteiger partial charge in [-0.1, -0.05) is 0 Å². The van der Waals surface area contributed by atoms with Gasteiger partial charge in [0.15, 0.2) is 0 Å².